The second-order valence-electron chi connectivity index (χ2n) is 6.11. The monoisotopic (exact) mass is 357 g/mol. The van der Waals surface area contributed by atoms with Gasteiger partial charge in [0.15, 0.2) is 11.4 Å². The van der Waals surface area contributed by atoms with E-state index < -0.39 is 17.8 Å². The lowest BCUT2D eigenvalue weighted by molar-refractivity contribution is -0.142. The highest BCUT2D eigenvalue weighted by Gasteiger charge is 2.37. The molecule has 25 heavy (non-hydrogen) atoms. The largest absolute Gasteiger partial charge is 0.435 e. The minimum atomic E-state index is -4.57. The van der Waals surface area contributed by atoms with Gasteiger partial charge in [-0.15, -0.1) is 0 Å². The van der Waals surface area contributed by atoms with Crippen LogP contribution in [0.15, 0.2) is 6.20 Å². The van der Waals surface area contributed by atoms with Crippen LogP contribution in [0.4, 0.5) is 13.2 Å². The van der Waals surface area contributed by atoms with Gasteiger partial charge in [-0.05, 0) is 13.8 Å². The quantitative estimate of drug-likeness (QED) is 0.881. The molecule has 0 saturated carbocycles. The van der Waals surface area contributed by atoms with E-state index in [1.807, 2.05) is 13.8 Å². The lowest BCUT2D eigenvalue weighted by Crippen LogP contribution is -2.28. The number of hydrogen-bond donors (Lipinski definition) is 2. The van der Waals surface area contributed by atoms with Crippen LogP contribution in [0.3, 0.4) is 0 Å². The third-order valence-electron chi connectivity index (χ3n) is 4.06. The van der Waals surface area contributed by atoms with Crippen LogP contribution in [0, 0.1) is 0 Å². The molecule has 0 unspecified atom stereocenters. The fraction of sp³-hybridized carbons (Fsp3) is 0.533. The van der Waals surface area contributed by atoms with Crippen LogP contribution < -0.4 is 5.32 Å². The second kappa shape index (κ2) is 6.17. The first-order valence-corrected chi connectivity index (χ1v) is 7.77. The minimum absolute atomic E-state index is 0.0678. The molecule has 3 heterocycles. The van der Waals surface area contributed by atoms with E-state index in [1.165, 1.54) is 13.2 Å². The molecule has 1 amide bonds. The summed E-state index contributed by atoms with van der Waals surface area (Å²) in [6.45, 7) is 3.45. The summed E-state index contributed by atoms with van der Waals surface area (Å²) in [7, 11) is 1.40. The molecule has 3 rings (SSSR count). The first-order chi connectivity index (χ1) is 11.7. The van der Waals surface area contributed by atoms with E-state index in [0.717, 1.165) is 15.9 Å². The SMILES string of the molecule is C[C@@H]1Cc2c(C(=O)NCc3cn(C)nc3C(F)(F)F)n[nH]c2[C@H](C)O1. The predicted octanol–water partition coefficient (Wildman–Crippen LogP) is 2.11. The fourth-order valence-electron chi connectivity index (χ4n) is 3.03. The lowest BCUT2D eigenvalue weighted by Gasteiger charge is -2.25. The summed E-state index contributed by atoms with van der Waals surface area (Å²) in [5.74, 6) is -0.532. The number of fused-ring (bicyclic) bond motifs is 1. The summed E-state index contributed by atoms with van der Waals surface area (Å²) in [6, 6.07) is 0. The van der Waals surface area contributed by atoms with Gasteiger partial charge in [-0.2, -0.15) is 23.4 Å². The third-order valence-corrected chi connectivity index (χ3v) is 4.06. The molecule has 0 aliphatic carbocycles. The van der Waals surface area contributed by atoms with E-state index in [2.05, 4.69) is 20.6 Å². The van der Waals surface area contributed by atoms with Crippen molar-refractivity contribution in [2.75, 3.05) is 0 Å². The Balaban J connectivity index is 1.77. The molecule has 0 radical (unpaired) electrons. The molecule has 2 aromatic heterocycles. The molecule has 0 saturated heterocycles. The summed E-state index contributed by atoms with van der Waals surface area (Å²) < 4.78 is 45.6. The molecule has 2 N–H and O–H groups in total. The van der Waals surface area contributed by atoms with Gasteiger partial charge in [-0.1, -0.05) is 0 Å². The molecule has 2 atom stereocenters. The number of alkyl halides is 3. The Morgan fingerprint density at radius 3 is 2.88 bits per heavy atom. The highest BCUT2D eigenvalue weighted by atomic mass is 19.4. The normalized spacial score (nSPS) is 20.4. The average molecular weight is 357 g/mol. The number of nitrogens with one attached hydrogen (secondary N) is 2. The number of aryl methyl sites for hydroxylation is 1. The van der Waals surface area contributed by atoms with Gasteiger partial charge in [-0.25, -0.2) is 0 Å². The second-order valence-corrected chi connectivity index (χ2v) is 6.11. The van der Waals surface area contributed by atoms with Crippen molar-refractivity contribution < 1.29 is 22.7 Å². The Kier molecular flexibility index (Phi) is 4.31. The van der Waals surface area contributed by atoms with E-state index in [0.29, 0.717) is 6.42 Å². The van der Waals surface area contributed by atoms with Crippen molar-refractivity contribution in [3.05, 3.63) is 34.4 Å². The van der Waals surface area contributed by atoms with Gasteiger partial charge >= 0.3 is 6.18 Å². The molecule has 1 aliphatic heterocycles. The number of carbonyl (C=O) groups excluding carboxylic acids is 1. The van der Waals surface area contributed by atoms with Crippen molar-refractivity contribution in [2.24, 2.45) is 7.05 Å². The Morgan fingerprint density at radius 1 is 1.48 bits per heavy atom. The van der Waals surface area contributed by atoms with Crippen molar-refractivity contribution in [3.8, 4) is 0 Å². The Morgan fingerprint density at radius 2 is 2.20 bits per heavy atom. The van der Waals surface area contributed by atoms with Crippen molar-refractivity contribution in [1.29, 1.82) is 0 Å². The number of ether oxygens (including phenoxy) is 1. The Hall–Kier alpha value is -2.36. The van der Waals surface area contributed by atoms with Crippen LogP contribution in [-0.4, -0.2) is 32.0 Å². The zero-order valence-corrected chi connectivity index (χ0v) is 13.9. The minimum Gasteiger partial charge on any atom is -0.369 e. The number of hydrogen-bond acceptors (Lipinski definition) is 4. The average Bonchev–Trinajstić information content (AvgIpc) is 3.08. The number of carbonyl (C=O) groups is 1. The van der Waals surface area contributed by atoms with Crippen molar-refractivity contribution in [1.82, 2.24) is 25.3 Å². The van der Waals surface area contributed by atoms with E-state index in [1.54, 1.807) is 0 Å². The summed E-state index contributed by atoms with van der Waals surface area (Å²) in [6.07, 6.45) is -3.11. The summed E-state index contributed by atoms with van der Waals surface area (Å²) in [5, 5.41) is 12.7. The van der Waals surface area contributed by atoms with Gasteiger partial charge in [-0.3, -0.25) is 14.6 Å². The number of nitrogens with zero attached hydrogens (tertiary/aromatic N) is 3. The smallest absolute Gasteiger partial charge is 0.369 e. The third kappa shape index (κ3) is 3.39. The van der Waals surface area contributed by atoms with E-state index in [-0.39, 0.29) is 30.0 Å². The van der Waals surface area contributed by atoms with Crippen LogP contribution >= 0.6 is 0 Å². The first-order valence-electron chi connectivity index (χ1n) is 7.77. The van der Waals surface area contributed by atoms with E-state index in [9.17, 15) is 18.0 Å². The molecule has 2 aromatic rings. The molecule has 1 aliphatic rings. The maximum Gasteiger partial charge on any atom is 0.435 e. The highest BCUT2D eigenvalue weighted by Crippen LogP contribution is 2.31. The molecule has 136 valence electrons. The van der Waals surface area contributed by atoms with Gasteiger partial charge in [0.25, 0.3) is 5.91 Å². The standard InChI is InChI=1S/C15H18F3N5O2/c1-7-4-10-11(8(2)25-7)20-21-12(10)14(24)19-5-9-6-23(3)22-13(9)15(16,17)18/h6-8H,4-5H2,1-3H3,(H,19,24)(H,20,21)/t7-,8+/m1/s1. The molecule has 0 aromatic carbocycles. The molecule has 0 fully saturated rings. The van der Waals surface area contributed by atoms with Gasteiger partial charge < -0.3 is 10.1 Å². The molecule has 0 bridgehead atoms. The fourth-order valence-corrected chi connectivity index (χ4v) is 3.03. The molecule has 7 nitrogen and oxygen atoms in total. The number of amides is 1. The van der Waals surface area contributed by atoms with Crippen LogP contribution in [0.2, 0.25) is 0 Å². The molecule has 10 heteroatoms. The number of aromatic nitrogens is 4. The molecular formula is C15H18F3N5O2. The molecule has 0 spiro atoms. The van der Waals surface area contributed by atoms with Gasteiger partial charge in [0, 0.05) is 37.3 Å². The number of aromatic amines is 1. The van der Waals surface area contributed by atoms with Crippen LogP contribution in [0.5, 0.6) is 0 Å². The topological polar surface area (TPSA) is 84.8 Å². The van der Waals surface area contributed by atoms with Crippen molar-refractivity contribution in [2.45, 2.75) is 45.2 Å². The zero-order chi connectivity index (χ0) is 18.4. The predicted molar refractivity (Wildman–Crippen MR) is 80.6 cm³/mol. The number of H-pyrrole nitrogens is 1. The molecular weight excluding hydrogens is 339 g/mol. The summed E-state index contributed by atoms with van der Waals surface area (Å²) >= 11 is 0. The zero-order valence-electron chi connectivity index (χ0n) is 13.9. The first kappa shape index (κ1) is 17.5. The van der Waals surface area contributed by atoms with E-state index in [4.69, 9.17) is 4.74 Å². The lowest BCUT2D eigenvalue weighted by atomic mass is 9.99. The van der Waals surface area contributed by atoms with Crippen molar-refractivity contribution >= 4 is 5.91 Å². The van der Waals surface area contributed by atoms with E-state index >= 15 is 0 Å². The summed E-state index contributed by atoms with van der Waals surface area (Å²) in [5.41, 5.74) is 0.550. The van der Waals surface area contributed by atoms with Gasteiger partial charge in [0.2, 0.25) is 0 Å². The van der Waals surface area contributed by atoms with Crippen LogP contribution in [0.1, 0.15) is 53.0 Å². The Bertz CT molecular complexity index is 796. The highest BCUT2D eigenvalue weighted by molar-refractivity contribution is 5.94. The van der Waals surface area contributed by atoms with Crippen molar-refractivity contribution in [3.63, 3.8) is 0 Å². The number of halogens is 3. The van der Waals surface area contributed by atoms with Crippen LogP contribution in [0.25, 0.3) is 0 Å². The maximum atomic E-state index is 13.0. The van der Waals surface area contributed by atoms with Gasteiger partial charge in [0.05, 0.1) is 17.9 Å². The van der Waals surface area contributed by atoms with Gasteiger partial charge in [0.1, 0.15) is 0 Å². The number of rotatable bonds is 3. The maximum absolute atomic E-state index is 13.0. The van der Waals surface area contributed by atoms with Crippen LogP contribution in [-0.2, 0) is 30.9 Å². The Labute approximate surface area is 141 Å². The summed E-state index contributed by atoms with van der Waals surface area (Å²) in [4.78, 5) is 12.4.